The molecular weight excluding hydrogens is 208 g/mol. The molecule has 2 unspecified atom stereocenters. The van der Waals surface area contributed by atoms with Crippen LogP contribution in [0.5, 0.6) is 0 Å². The van der Waals surface area contributed by atoms with Crippen LogP contribution in [0.1, 0.15) is 53.9 Å². The van der Waals surface area contributed by atoms with E-state index in [1.165, 1.54) is 38.9 Å². The zero-order chi connectivity index (χ0) is 12.8. The fourth-order valence-corrected chi connectivity index (χ4v) is 2.78. The summed E-state index contributed by atoms with van der Waals surface area (Å²) < 4.78 is 0. The Morgan fingerprint density at radius 2 is 1.94 bits per heavy atom. The third-order valence-corrected chi connectivity index (χ3v) is 3.94. The highest BCUT2D eigenvalue weighted by Gasteiger charge is 2.28. The van der Waals surface area contributed by atoms with Gasteiger partial charge in [-0.2, -0.15) is 0 Å². The summed E-state index contributed by atoms with van der Waals surface area (Å²) in [6.07, 6.45) is 3.95. The highest BCUT2D eigenvalue weighted by molar-refractivity contribution is 4.87. The molecule has 0 amide bonds. The molecule has 0 radical (unpaired) electrons. The van der Waals surface area contributed by atoms with E-state index in [-0.39, 0.29) is 0 Å². The highest BCUT2D eigenvalue weighted by atomic mass is 15.2. The average molecular weight is 240 g/mol. The van der Waals surface area contributed by atoms with E-state index in [4.69, 9.17) is 0 Å². The molecule has 1 fully saturated rings. The molecule has 0 aromatic heterocycles. The van der Waals surface area contributed by atoms with Crippen LogP contribution in [-0.4, -0.2) is 36.6 Å². The van der Waals surface area contributed by atoms with Gasteiger partial charge in [0, 0.05) is 25.2 Å². The normalized spacial score (nSPS) is 27.0. The largest absolute Gasteiger partial charge is 0.311 e. The fraction of sp³-hybridized carbons (Fsp3) is 1.00. The van der Waals surface area contributed by atoms with Crippen molar-refractivity contribution < 1.29 is 0 Å². The van der Waals surface area contributed by atoms with Gasteiger partial charge in [-0.3, -0.25) is 4.90 Å². The van der Waals surface area contributed by atoms with E-state index in [0.29, 0.717) is 0 Å². The number of hydrogen-bond acceptors (Lipinski definition) is 2. The summed E-state index contributed by atoms with van der Waals surface area (Å²) in [5, 5.41) is 3.73. The molecule has 0 bridgehead atoms. The van der Waals surface area contributed by atoms with Gasteiger partial charge in [-0.1, -0.05) is 41.0 Å². The standard InChI is InChI=1S/C15H32N2/c1-6-7-14-11-17(9-8-12(2)3)15(10-16-14)13(4)5/h12-16H,6-11H2,1-5H3. The molecule has 1 rings (SSSR count). The van der Waals surface area contributed by atoms with Gasteiger partial charge in [-0.25, -0.2) is 0 Å². The quantitative estimate of drug-likeness (QED) is 0.767. The molecule has 0 spiro atoms. The topological polar surface area (TPSA) is 15.3 Å². The van der Waals surface area contributed by atoms with E-state index in [9.17, 15) is 0 Å². The summed E-state index contributed by atoms with van der Waals surface area (Å²) in [7, 11) is 0. The number of rotatable bonds is 6. The van der Waals surface area contributed by atoms with E-state index in [1.54, 1.807) is 0 Å². The Labute approximate surface area is 108 Å². The molecule has 1 heterocycles. The predicted molar refractivity (Wildman–Crippen MR) is 76.4 cm³/mol. The lowest BCUT2D eigenvalue weighted by Crippen LogP contribution is -2.58. The lowest BCUT2D eigenvalue weighted by Gasteiger charge is -2.42. The van der Waals surface area contributed by atoms with Crippen molar-refractivity contribution in [3.63, 3.8) is 0 Å². The number of hydrogen-bond donors (Lipinski definition) is 1. The van der Waals surface area contributed by atoms with E-state index in [2.05, 4.69) is 44.8 Å². The van der Waals surface area contributed by atoms with E-state index in [0.717, 1.165) is 23.9 Å². The van der Waals surface area contributed by atoms with Crippen LogP contribution in [0.2, 0.25) is 0 Å². The van der Waals surface area contributed by atoms with Gasteiger partial charge in [0.1, 0.15) is 0 Å². The average Bonchev–Trinajstić information content (AvgIpc) is 2.26. The molecular formula is C15H32N2. The summed E-state index contributed by atoms with van der Waals surface area (Å²) in [4.78, 5) is 2.74. The first-order chi connectivity index (χ1) is 8.04. The van der Waals surface area contributed by atoms with Crippen molar-refractivity contribution in [2.45, 2.75) is 66.0 Å². The molecule has 0 aromatic carbocycles. The Morgan fingerprint density at radius 1 is 1.24 bits per heavy atom. The SMILES string of the molecule is CCCC1CN(CCC(C)C)C(C(C)C)CN1. The molecule has 0 saturated carbocycles. The zero-order valence-corrected chi connectivity index (χ0v) is 12.5. The number of nitrogens with zero attached hydrogens (tertiary/aromatic N) is 1. The lowest BCUT2D eigenvalue weighted by atomic mass is 9.96. The second kappa shape index (κ2) is 7.38. The van der Waals surface area contributed by atoms with Crippen LogP contribution in [-0.2, 0) is 0 Å². The van der Waals surface area contributed by atoms with E-state index >= 15 is 0 Å². The maximum Gasteiger partial charge on any atom is 0.0244 e. The molecule has 1 aliphatic heterocycles. The van der Waals surface area contributed by atoms with Crippen LogP contribution in [0.25, 0.3) is 0 Å². The van der Waals surface area contributed by atoms with Gasteiger partial charge in [-0.05, 0) is 31.2 Å². The molecule has 17 heavy (non-hydrogen) atoms. The third-order valence-electron chi connectivity index (χ3n) is 3.94. The smallest absolute Gasteiger partial charge is 0.0244 e. The van der Waals surface area contributed by atoms with Crippen molar-refractivity contribution in [3.05, 3.63) is 0 Å². The Bertz CT molecular complexity index is 201. The van der Waals surface area contributed by atoms with Crippen molar-refractivity contribution in [1.29, 1.82) is 0 Å². The zero-order valence-electron chi connectivity index (χ0n) is 12.5. The summed E-state index contributed by atoms with van der Waals surface area (Å²) in [6, 6.07) is 1.46. The van der Waals surface area contributed by atoms with Gasteiger partial charge in [0.2, 0.25) is 0 Å². The molecule has 2 atom stereocenters. The Kier molecular flexibility index (Phi) is 6.50. The van der Waals surface area contributed by atoms with Crippen molar-refractivity contribution in [3.8, 4) is 0 Å². The minimum Gasteiger partial charge on any atom is -0.311 e. The Balaban J connectivity index is 2.50. The summed E-state index contributed by atoms with van der Waals surface area (Å²) in [5.41, 5.74) is 0. The third kappa shape index (κ3) is 4.97. The second-order valence-corrected chi connectivity index (χ2v) is 6.38. The molecule has 1 aliphatic rings. The van der Waals surface area contributed by atoms with Crippen molar-refractivity contribution in [2.75, 3.05) is 19.6 Å². The molecule has 1 N–H and O–H groups in total. The van der Waals surface area contributed by atoms with Gasteiger partial charge in [0.15, 0.2) is 0 Å². The highest BCUT2D eigenvalue weighted by Crippen LogP contribution is 2.18. The first-order valence-electron chi connectivity index (χ1n) is 7.52. The second-order valence-electron chi connectivity index (χ2n) is 6.38. The van der Waals surface area contributed by atoms with Crippen LogP contribution >= 0.6 is 0 Å². The predicted octanol–water partition coefficient (Wildman–Crippen LogP) is 3.13. The molecule has 0 aliphatic carbocycles. The van der Waals surface area contributed by atoms with Gasteiger partial charge in [0.25, 0.3) is 0 Å². The minimum atomic E-state index is 0.724. The fourth-order valence-electron chi connectivity index (χ4n) is 2.78. The maximum atomic E-state index is 3.73. The number of nitrogens with one attached hydrogen (secondary N) is 1. The molecule has 1 saturated heterocycles. The van der Waals surface area contributed by atoms with Crippen LogP contribution in [0.3, 0.4) is 0 Å². The molecule has 2 heteroatoms. The Morgan fingerprint density at radius 3 is 2.47 bits per heavy atom. The van der Waals surface area contributed by atoms with Crippen molar-refractivity contribution in [2.24, 2.45) is 11.8 Å². The Hall–Kier alpha value is -0.0800. The first kappa shape index (κ1) is 15.0. The van der Waals surface area contributed by atoms with Crippen LogP contribution in [0, 0.1) is 11.8 Å². The summed E-state index contributed by atoms with van der Waals surface area (Å²) in [5.74, 6) is 1.58. The minimum absolute atomic E-state index is 0.724. The summed E-state index contributed by atoms with van der Waals surface area (Å²) in [6.45, 7) is 15.4. The van der Waals surface area contributed by atoms with Gasteiger partial charge in [-0.15, -0.1) is 0 Å². The molecule has 102 valence electrons. The molecule has 0 aromatic rings. The van der Waals surface area contributed by atoms with E-state index < -0.39 is 0 Å². The van der Waals surface area contributed by atoms with Crippen molar-refractivity contribution >= 4 is 0 Å². The number of piperazine rings is 1. The van der Waals surface area contributed by atoms with Crippen LogP contribution in [0.4, 0.5) is 0 Å². The maximum absolute atomic E-state index is 3.73. The van der Waals surface area contributed by atoms with Gasteiger partial charge in [0.05, 0.1) is 0 Å². The van der Waals surface area contributed by atoms with E-state index in [1.807, 2.05) is 0 Å². The summed E-state index contributed by atoms with van der Waals surface area (Å²) >= 11 is 0. The van der Waals surface area contributed by atoms with Gasteiger partial charge < -0.3 is 5.32 Å². The lowest BCUT2D eigenvalue weighted by molar-refractivity contribution is 0.0908. The first-order valence-corrected chi connectivity index (χ1v) is 7.52. The van der Waals surface area contributed by atoms with Gasteiger partial charge >= 0.3 is 0 Å². The monoisotopic (exact) mass is 240 g/mol. The molecule has 2 nitrogen and oxygen atoms in total. The van der Waals surface area contributed by atoms with Crippen LogP contribution < -0.4 is 5.32 Å². The van der Waals surface area contributed by atoms with Crippen LogP contribution in [0.15, 0.2) is 0 Å². The van der Waals surface area contributed by atoms with Crippen molar-refractivity contribution in [1.82, 2.24) is 10.2 Å².